The lowest BCUT2D eigenvalue weighted by molar-refractivity contribution is -0.113. The first-order valence-corrected chi connectivity index (χ1v) is 12.6. The first-order valence-electron chi connectivity index (χ1n) is 10.8. The van der Waals surface area contributed by atoms with Crippen LogP contribution >= 0.6 is 23.1 Å². The summed E-state index contributed by atoms with van der Waals surface area (Å²) < 4.78 is 12.8. The number of ether oxygens (including phenoxy) is 2. The van der Waals surface area contributed by atoms with Gasteiger partial charge < -0.3 is 14.8 Å². The van der Waals surface area contributed by atoms with Gasteiger partial charge in [-0.3, -0.25) is 9.36 Å². The molecule has 8 nitrogen and oxygen atoms in total. The second-order valence-electron chi connectivity index (χ2n) is 7.73. The van der Waals surface area contributed by atoms with Crippen molar-refractivity contribution in [1.29, 1.82) is 0 Å². The van der Waals surface area contributed by atoms with Gasteiger partial charge in [0.15, 0.2) is 10.3 Å². The Kier molecular flexibility index (Phi) is 6.50. The molecule has 1 saturated carbocycles. The summed E-state index contributed by atoms with van der Waals surface area (Å²) >= 11 is 2.74. The van der Waals surface area contributed by atoms with Crippen LogP contribution in [0, 0.1) is 0 Å². The standard InChI is InChI=1S/C24H23N5O3S2/c1-31-17-10-11-18(20(12-17)32-2)19-13-33-23(25-19)26-21(30)14-34-24-28-27-22(15-8-9-15)29(24)16-6-4-3-5-7-16/h3-7,10-13,15H,8-9,14H2,1-2H3,(H,25,26,30). The van der Waals surface area contributed by atoms with E-state index in [0.29, 0.717) is 27.7 Å². The normalized spacial score (nSPS) is 13.0. The number of thioether (sulfide) groups is 1. The molecule has 2 heterocycles. The number of aromatic nitrogens is 4. The number of thiazole rings is 1. The molecular weight excluding hydrogens is 470 g/mol. The number of carbonyl (C=O) groups excluding carboxylic acids is 1. The minimum absolute atomic E-state index is 0.150. The summed E-state index contributed by atoms with van der Waals surface area (Å²) in [6.45, 7) is 0. The average molecular weight is 494 g/mol. The third-order valence-corrected chi connectivity index (χ3v) is 7.07. The number of nitrogens with one attached hydrogen (secondary N) is 1. The number of nitrogens with zero attached hydrogens (tertiary/aromatic N) is 4. The highest BCUT2D eigenvalue weighted by Gasteiger charge is 2.31. The van der Waals surface area contributed by atoms with Gasteiger partial charge in [0.2, 0.25) is 5.91 Å². The largest absolute Gasteiger partial charge is 0.497 e. The Morgan fingerprint density at radius 2 is 1.97 bits per heavy atom. The Morgan fingerprint density at radius 3 is 2.71 bits per heavy atom. The maximum atomic E-state index is 12.7. The quantitative estimate of drug-likeness (QED) is 0.328. The van der Waals surface area contributed by atoms with Crippen molar-refractivity contribution in [2.45, 2.75) is 23.9 Å². The van der Waals surface area contributed by atoms with Crippen LogP contribution < -0.4 is 14.8 Å². The summed E-state index contributed by atoms with van der Waals surface area (Å²) in [6, 6.07) is 15.6. The molecule has 0 bridgehead atoms. The number of para-hydroxylation sites is 1. The SMILES string of the molecule is COc1ccc(-c2csc(NC(=O)CSc3nnc(C4CC4)n3-c3ccccc3)n2)c(OC)c1. The van der Waals surface area contributed by atoms with Gasteiger partial charge in [0.05, 0.1) is 25.7 Å². The maximum absolute atomic E-state index is 12.7. The molecule has 4 aromatic rings. The van der Waals surface area contributed by atoms with Crippen molar-refractivity contribution in [1.82, 2.24) is 19.7 Å². The van der Waals surface area contributed by atoms with E-state index < -0.39 is 0 Å². The maximum Gasteiger partial charge on any atom is 0.236 e. The van der Waals surface area contributed by atoms with E-state index in [1.807, 2.05) is 53.9 Å². The van der Waals surface area contributed by atoms with Crippen molar-refractivity contribution in [2.75, 3.05) is 25.3 Å². The molecule has 34 heavy (non-hydrogen) atoms. The van der Waals surface area contributed by atoms with Crippen LogP contribution in [-0.2, 0) is 4.79 Å². The molecule has 2 aromatic carbocycles. The Hall–Kier alpha value is -3.37. The summed E-state index contributed by atoms with van der Waals surface area (Å²) in [4.78, 5) is 17.2. The van der Waals surface area contributed by atoms with E-state index in [1.54, 1.807) is 14.2 Å². The third-order valence-electron chi connectivity index (χ3n) is 5.38. The Labute approximate surface area is 205 Å². The van der Waals surface area contributed by atoms with Gasteiger partial charge in [0.25, 0.3) is 0 Å². The van der Waals surface area contributed by atoms with E-state index in [1.165, 1.54) is 23.1 Å². The molecule has 1 fully saturated rings. The summed E-state index contributed by atoms with van der Waals surface area (Å²) in [5.41, 5.74) is 2.57. The van der Waals surface area contributed by atoms with Gasteiger partial charge in [0, 0.05) is 28.6 Å². The minimum atomic E-state index is -0.150. The lowest BCUT2D eigenvalue weighted by Gasteiger charge is -2.09. The molecule has 2 aromatic heterocycles. The van der Waals surface area contributed by atoms with Crippen molar-refractivity contribution in [3.63, 3.8) is 0 Å². The molecule has 10 heteroatoms. The van der Waals surface area contributed by atoms with Crippen molar-refractivity contribution in [2.24, 2.45) is 0 Å². The van der Waals surface area contributed by atoms with Crippen LogP contribution in [0.15, 0.2) is 59.1 Å². The van der Waals surface area contributed by atoms with Gasteiger partial charge in [-0.05, 0) is 37.1 Å². The van der Waals surface area contributed by atoms with Crippen LogP contribution in [0.1, 0.15) is 24.6 Å². The van der Waals surface area contributed by atoms with Crippen LogP contribution in [0.2, 0.25) is 0 Å². The predicted octanol–water partition coefficient (Wildman–Crippen LogP) is 5.02. The van der Waals surface area contributed by atoms with Crippen molar-refractivity contribution in [3.05, 3.63) is 59.7 Å². The Balaban J connectivity index is 1.27. The third kappa shape index (κ3) is 4.78. The van der Waals surface area contributed by atoms with Gasteiger partial charge in [-0.15, -0.1) is 21.5 Å². The van der Waals surface area contributed by atoms with E-state index >= 15 is 0 Å². The fraction of sp³-hybridized carbons (Fsp3) is 0.250. The predicted molar refractivity (Wildman–Crippen MR) is 133 cm³/mol. The number of methoxy groups -OCH3 is 2. The molecule has 1 aliphatic carbocycles. The van der Waals surface area contributed by atoms with Crippen LogP contribution in [-0.4, -0.2) is 45.6 Å². The van der Waals surface area contributed by atoms with Crippen LogP contribution in [0.25, 0.3) is 16.9 Å². The smallest absolute Gasteiger partial charge is 0.236 e. The second-order valence-corrected chi connectivity index (χ2v) is 9.53. The summed E-state index contributed by atoms with van der Waals surface area (Å²) in [5, 5.41) is 14.8. The van der Waals surface area contributed by atoms with Gasteiger partial charge >= 0.3 is 0 Å². The van der Waals surface area contributed by atoms with Gasteiger partial charge in [0.1, 0.15) is 17.3 Å². The molecule has 0 atom stereocenters. The molecule has 1 amide bonds. The molecule has 0 radical (unpaired) electrons. The lowest BCUT2D eigenvalue weighted by Crippen LogP contribution is -2.14. The number of amides is 1. The molecule has 0 saturated heterocycles. The molecular formula is C24H23N5O3S2. The number of hydrogen-bond donors (Lipinski definition) is 1. The highest BCUT2D eigenvalue weighted by atomic mass is 32.2. The molecule has 0 aliphatic heterocycles. The fourth-order valence-corrected chi connectivity index (χ4v) is 5.04. The molecule has 1 N–H and O–H groups in total. The van der Waals surface area contributed by atoms with Gasteiger partial charge in [-0.2, -0.15) is 0 Å². The Morgan fingerprint density at radius 1 is 1.15 bits per heavy atom. The van der Waals surface area contributed by atoms with Crippen LogP contribution in [0.4, 0.5) is 5.13 Å². The average Bonchev–Trinajstić information content (AvgIpc) is 3.47. The first kappa shape index (κ1) is 22.4. The van der Waals surface area contributed by atoms with Crippen LogP contribution in [0.3, 0.4) is 0 Å². The molecule has 5 rings (SSSR count). The summed E-state index contributed by atoms with van der Waals surface area (Å²) in [7, 11) is 3.21. The van der Waals surface area contributed by atoms with Crippen LogP contribution in [0.5, 0.6) is 11.5 Å². The molecule has 174 valence electrons. The molecule has 1 aliphatic rings. The minimum Gasteiger partial charge on any atom is -0.497 e. The fourth-order valence-electron chi connectivity index (χ4n) is 3.55. The van der Waals surface area contributed by atoms with E-state index in [-0.39, 0.29) is 11.7 Å². The van der Waals surface area contributed by atoms with E-state index in [4.69, 9.17) is 9.47 Å². The van der Waals surface area contributed by atoms with E-state index in [2.05, 4.69) is 25.1 Å². The summed E-state index contributed by atoms with van der Waals surface area (Å²) in [6.07, 6.45) is 2.25. The molecule has 0 spiro atoms. The number of rotatable bonds is 9. The first-order chi connectivity index (χ1) is 16.7. The Bertz CT molecular complexity index is 1300. The van der Waals surface area contributed by atoms with Crippen molar-refractivity contribution >= 4 is 34.1 Å². The number of benzene rings is 2. The topological polar surface area (TPSA) is 91.2 Å². The van der Waals surface area contributed by atoms with E-state index in [0.717, 1.165) is 35.6 Å². The zero-order valence-corrected chi connectivity index (χ0v) is 20.4. The van der Waals surface area contributed by atoms with Gasteiger partial charge in [-0.25, -0.2) is 4.98 Å². The number of anilines is 1. The highest BCUT2D eigenvalue weighted by molar-refractivity contribution is 7.99. The lowest BCUT2D eigenvalue weighted by atomic mass is 10.1. The second kappa shape index (κ2) is 9.86. The van der Waals surface area contributed by atoms with Crippen molar-refractivity contribution in [3.8, 4) is 28.4 Å². The van der Waals surface area contributed by atoms with E-state index in [9.17, 15) is 4.79 Å². The molecule has 0 unspecified atom stereocenters. The zero-order valence-electron chi connectivity index (χ0n) is 18.7. The monoisotopic (exact) mass is 493 g/mol. The number of hydrogen-bond acceptors (Lipinski definition) is 8. The number of carbonyl (C=O) groups is 1. The summed E-state index contributed by atoms with van der Waals surface area (Å²) in [5.74, 6) is 2.82. The van der Waals surface area contributed by atoms with Crippen molar-refractivity contribution < 1.29 is 14.3 Å². The highest BCUT2D eigenvalue weighted by Crippen LogP contribution is 2.41. The van der Waals surface area contributed by atoms with Gasteiger partial charge in [-0.1, -0.05) is 30.0 Å². The zero-order chi connectivity index (χ0) is 23.5.